The number of likely N-dealkylation sites (tertiary alicyclic amines) is 1. The van der Waals surface area contributed by atoms with Crippen molar-refractivity contribution < 1.29 is 9.53 Å². The molecule has 4 aromatic rings. The van der Waals surface area contributed by atoms with Crippen LogP contribution in [0.2, 0.25) is 0 Å². The molecule has 1 aliphatic heterocycles. The predicted molar refractivity (Wildman–Crippen MR) is 144 cm³/mol. The van der Waals surface area contributed by atoms with Gasteiger partial charge in [0, 0.05) is 32.0 Å². The van der Waals surface area contributed by atoms with E-state index in [1.165, 1.54) is 27.8 Å². The van der Waals surface area contributed by atoms with Gasteiger partial charge in [0.2, 0.25) is 5.91 Å². The van der Waals surface area contributed by atoms with Gasteiger partial charge in [0.25, 0.3) is 0 Å². The number of imidazole rings is 1. The highest BCUT2D eigenvalue weighted by molar-refractivity contribution is 7.99. The molecule has 2 atom stereocenters. The topological polar surface area (TPSA) is 70.2 Å². The molecule has 184 valence electrons. The lowest BCUT2D eigenvalue weighted by atomic mass is 10.0. The van der Waals surface area contributed by atoms with Crippen molar-refractivity contribution in [1.82, 2.24) is 20.2 Å². The third-order valence-corrected chi connectivity index (χ3v) is 8.25. The van der Waals surface area contributed by atoms with Gasteiger partial charge in [-0.1, -0.05) is 66.4 Å². The number of benzene rings is 3. The number of hydrogen-bond donors (Lipinski definition) is 2. The number of methoxy groups -OCH3 is 1. The van der Waals surface area contributed by atoms with Crippen LogP contribution in [0.25, 0.3) is 22.2 Å². The summed E-state index contributed by atoms with van der Waals surface area (Å²) in [5, 5.41) is 4.26. The normalized spacial score (nSPS) is 18.9. The quantitative estimate of drug-likeness (QED) is 0.305. The third kappa shape index (κ3) is 4.66. The number of aromatic amines is 1. The Hall–Kier alpha value is -3.13. The second kappa shape index (κ2) is 10.1. The molecule has 1 fully saturated rings. The molecule has 1 amide bonds. The zero-order valence-electron chi connectivity index (χ0n) is 20.4. The zero-order chi connectivity index (χ0) is 24.5. The number of hydrogen-bond acceptors (Lipinski definition) is 5. The van der Waals surface area contributed by atoms with Crippen LogP contribution in [0, 0.1) is 0 Å². The zero-order valence-corrected chi connectivity index (χ0v) is 21.2. The van der Waals surface area contributed by atoms with Crippen LogP contribution in [0.5, 0.6) is 0 Å². The van der Waals surface area contributed by atoms with Crippen LogP contribution in [0.15, 0.2) is 71.9 Å². The molecule has 1 saturated heterocycles. The number of fused-ring (bicyclic) bond motifs is 4. The minimum atomic E-state index is -0.172. The van der Waals surface area contributed by atoms with Crippen molar-refractivity contribution in [3.63, 3.8) is 0 Å². The van der Waals surface area contributed by atoms with Crippen molar-refractivity contribution in [2.45, 2.75) is 35.8 Å². The second-order valence-electron chi connectivity index (χ2n) is 9.59. The van der Waals surface area contributed by atoms with E-state index in [1.807, 2.05) is 24.3 Å². The van der Waals surface area contributed by atoms with Crippen LogP contribution in [-0.4, -0.2) is 58.9 Å². The standard InChI is InChI=1S/C29H30N4O2S/c1-35-13-12-30-28(34)27-16-22(36-29-31-25-8-4-5-9-26(25)32-29)18-33(27)17-19-10-11-24-21(14-19)15-20-6-2-3-7-23(20)24/h2-11,14,22,27H,12-13,15-18H2,1H3,(H,30,34)(H,31,32)/t22-,27+/m1/s1. The summed E-state index contributed by atoms with van der Waals surface area (Å²) in [4.78, 5) is 23.7. The first-order chi connectivity index (χ1) is 17.7. The first-order valence-corrected chi connectivity index (χ1v) is 13.4. The molecular weight excluding hydrogens is 468 g/mol. The van der Waals surface area contributed by atoms with Crippen LogP contribution in [-0.2, 0) is 22.5 Å². The van der Waals surface area contributed by atoms with E-state index < -0.39 is 0 Å². The number of carbonyl (C=O) groups excluding carboxylic acids is 1. The summed E-state index contributed by atoms with van der Waals surface area (Å²) in [6.07, 6.45) is 1.77. The molecule has 2 heterocycles. The lowest BCUT2D eigenvalue weighted by molar-refractivity contribution is -0.125. The van der Waals surface area contributed by atoms with Crippen molar-refractivity contribution >= 4 is 28.7 Å². The summed E-state index contributed by atoms with van der Waals surface area (Å²) in [5.74, 6) is 0.0771. The Bertz CT molecular complexity index is 1370. The van der Waals surface area contributed by atoms with Gasteiger partial charge in [-0.15, -0.1) is 0 Å². The van der Waals surface area contributed by atoms with E-state index in [-0.39, 0.29) is 17.2 Å². The molecule has 1 aliphatic carbocycles. The summed E-state index contributed by atoms with van der Waals surface area (Å²) in [7, 11) is 1.65. The van der Waals surface area contributed by atoms with Crippen molar-refractivity contribution in [2.75, 3.05) is 26.8 Å². The van der Waals surface area contributed by atoms with E-state index in [9.17, 15) is 4.79 Å². The Labute approximate surface area is 215 Å². The number of nitrogens with zero attached hydrogens (tertiary/aromatic N) is 2. The Morgan fingerprint density at radius 1 is 1.11 bits per heavy atom. The van der Waals surface area contributed by atoms with Crippen LogP contribution in [0.1, 0.15) is 23.1 Å². The molecule has 3 aromatic carbocycles. The number of aromatic nitrogens is 2. The number of para-hydroxylation sites is 2. The van der Waals surface area contributed by atoms with Crippen molar-refractivity contribution in [3.8, 4) is 11.1 Å². The molecule has 1 aromatic heterocycles. The fourth-order valence-electron chi connectivity index (χ4n) is 5.46. The number of amides is 1. The largest absolute Gasteiger partial charge is 0.383 e. The van der Waals surface area contributed by atoms with E-state index in [2.05, 4.69) is 57.7 Å². The summed E-state index contributed by atoms with van der Waals surface area (Å²) >= 11 is 1.74. The first kappa shape index (κ1) is 23.3. The summed E-state index contributed by atoms with van der Waals surface area (Å²) < 4.78 is 5.13. The molecule has 6 rings (SSSR count). The average Bonchev–Trinajstić information content (AvgIpc) is 3.58. The smallest absolute Gasteiger partial charge is 0.237 e. The van der Waals surface area contributed by atoms with Gasteiger partial charge in [-0.2, -0.15) is 0 Å². The SMILES string of the molecule is COCCNC(=O)[C@@H]1C[C@@H](Sc2nc3ccccc3[nH]2)CN1Cc1ccc2c(c1)Cc1ccccc1-2. The van der Waals surface area contributed by atoms with Gasteiger partial charge in [0.1, 0.15) is 0 Å². The highest BCUT2D eigenvalue weighted by Gasteiger charge is 2.37. The van der Waals surface area contributed by atoms with Crippen molar-refractivity contribution in [2.24, 2.45) is 0 Å². The Morgan fingerprint density at radius 2 is 1.94 bits per heavy atom. The monoisotopic (exact) mass is 498 g/mol. The fourth-order valence-corrected chi connectivity index (χ4v) is 6.64. The van der Waals surface area contributed by atoms with Gasteiger partial charge in [-0.3, -0.25) is 9.69 Å². The molecule has 2 N–H and O–H groups in total. The van der Waals surface area contributed by atoms with E-state index in [4.69, 9.17) is 9.72 Å². The van der Waals surface area contributed by atoms with Crippen molar-refractivity contribution in [1.29, 1.82) is 0 Å². The summed E-state index contributed by atoms with van der Waals surface area (Å²) in [5.41, 5.74) is 8.72. The maximum absolute atomic E-state index is 13.2. The average molecular weight is 499 g/mol. The summed E-state index contributed by atoms with van der Waals surface area (Å²) in [6, 6.07) is 23.4. The van der Waals surface area contributed by atoms with Crippen LogP contribution in [0.3, 0.4) is 0 Å². The van der Waals surface area contributed by atoms with Gasteiger partial charge >= 0.3 is 0 Å². The number of thioether (sulfide) groups is 1. The molecule has 0 unspecified atom stereocenters. The molecule has 7 heteroatoms. The Balaban J connectivity index is 1.20. The summed E-state index contributed by atoms with van der Waals surface area (Å²) in [6.45, 7) is 2.63. The minimum Gasteiger partial charge on any atom is -0.383 e. The van der Waals surface area contributed by atoms with E-state index in [0.29, 0.717) is 13.2 Å². The van der Waals surface area contributed by atoms with Gasteiger partial charge in [0.15, 0.2) is 5.16 Å². The molecule has 0 spiro atoms. The lowest BCUT2D eigenvalue weighted by Crippen LogP contribution is -2.43. The lowest BCUT2D eigenvalue weighted by Gasteiger charge is -2.24. The van der Waals surface area contributed by atoms with Crippen LogP contribution >= 0.6 is 11.8 Å². The molecule has 0 bridgehead atoms. The number of nitrogens with one attached hydrogen (secondary N) is 2. The minimum absolute atomic E-state index is 0.0771. The first-order valence-electron chi connectivity index (χ1n) is 12.5. The van der Waals surface area contributed by atoms with E-state index in [0.717, 1.165) is 42.1 Å². The Morgan fingerprint density at radius 3 is 2.83 bits per heavy atom. The maximum atomic E-state index is 13.2. The molecular formula is C29H30N4O2S. The Kier molecular flexibility index (Phi) is 6.52. The van der Waals surface area contributed by atoms with Gasteiger partial charge in [-0.05, 0) is 52.8 Å². The highest BCUT2D eigenvalue weighted by Crippen LogP contribution is 2.38. The van der Waals surface area contributed by atoms with Crippen molar-refractivity contribution in [3.05, 3.63) is 83.4 Å². The van der Waals surface area contributed by atoms with Gasteiger partial charge in [-0.25, -0.2) is 4.98 Å². The van der Waals surface area contributed by atoms with Crippen LogP contribution in [0.4, 0.5) is 0 Å². The number of ether oxygens (including phenoxy) is 1. The fraction of sp³-hybridized carbons (Fsp3) is 0.310. The molecule has 36 heavy (non-hydrogen) atoms. The molecule has 2 aliphatic rings. The number of rotatable bonds is 8. The molecule has 6 nitrogen and oxygen atoms in total. The highest BCUT2D eigenvalue weighted by atomic mass is 32.2. The number of H-pyrrole nitrogens is 1. The van der Waals surface area contributed by atoms with E-state index >= 15 is 0 Å². The molecule has 0 saturated carbocycles. The van der Waals surface area contributed by atoms with Gasteiger partial charge < -0.3 is 15.0 Å². The van der Waals surface area contributed by atoms with E-state index in [1.54, 1.807) is 18.9 Å². The number of carbonyl (C=O) groups is 1. The van der Waals surface area contributed by atoms with Gasteiger partial charge in [0.05, 0.1) is 23.7 Å². The molecule has 0 radical (unpaired) electrons. The predicted octanol–water partition coefficient (Wildman–Crippen LogP) is 4.63. The third-order valence-electron chi connectivity index (χ3n) is 7.16. The second-order valence-corrected chi connectivity index (χ2v) is 10.9. The van der Waals surface area contributed by atoms with Crippen LogP contribution < -0.4 is 5.32 Å². The maximum Gasteiger partial charge on any atom is 0.237 e.